The van der Waals surface area contributed by atoms with Crippen LogP contribution in [0.5, 0.6) is 0 Å². The molecule has 3 rings (SSSR count). The van der Waals surface area contributed by atoms with Crippen molar-refractivity contribution in [3.05, 3.63) is 47.6 Å². The Labute approximate surface area is 135 Å². The van der Waals surface area contributed by atoms with Crippen molar-refractivity contribution in [1.29, 1.82) is 0 Å². The molecule has 0 unspecified atom stereocenters. The van der Waals surface area contributed by atoms with Gasteiger partial charge in [-0.05, 0) is 25.1 Å². The number of rotatable bonds is 7. The third kappa shape index (κ3) is 3.65. The molecule has 0 saturated heterocycles. The van der Waals surface area contributed by atoms with Gasteiger partial charge in [-0.1, -0.05) is 30.6 Å². The Morgan fingerprint density at radius 3 is 2.87 bits per heavy atom. The van der Waals surface area contributed by atoms with Crippen LogP contribution in [0.1, 0.15) is 30.6 Å². The van der Waals surface area contributed by atoms with Crippen LogP contribution in [0.25, 0.3) is 10.9 Å². The fourth-order valence-electron chi connectivity index (χ4n) is 2.48. The van der Waals surface area contributed by atoms with Gasteiger partial charge in [0.1, 0.15) is 11.6 Å². The molecule has 0 atom stereocenters. The monoisotopic (exact) mass is 311 g/mol. The number of aryl methyl sites for hydroxylation is 1. The SMILES string of the molecule is CCCc1cc(CNc2nc(CCN)nc3ccccc23)on1. The fraction of sp³-hybridized carbons (Fsp3) is 0.353. The molecule has 0 aliphatic rings. The lowest BCUT2D eigenvalue weighted by Gasteiger charge is -2.09. The summed E-state index contributed by atoms with van der Waals surface area (Å²) < 4.78 is 5.35. The van der Waals surface area contributed by atoms with Crippen LogP contribution in [0.4, 0.5) is 5.82 Å². The second-order valence-corrected chi connectivity index (χ2v) is 5.43. The van der Waals surface area contributed by atoms with E-state index >= 15 is 0 Å². The van der Waals surface area contributed by atoms with Crippen LogP contribution in [0, 0.1) is 0 Å². The molecule has 0 fully saturated rings. The largest absolute Gasteiger partial charge is 0.362 e. The summed E-state index contributed by atoms with van der Waals surface area (Å²) in [5, 5.41) is 8.38. The van der Waals surface area contributed by atoms with Crippen molar-refractivity contribution in [2.24, 2.45) is 5.73 Å². The minimum atomic E-state index is 0.528. The maximum absolute atomic E-state index is 5.63. The van der Waals surface area contributed by atoms with Crippen LogP contribution in [-0.4, -0.2) is 21.7 Å². The van der Waals surface area contributed by atoms with Crippen molar-refractivity contribution >= 4 is 16.7 Å². The van der Waals surface area contributed by atoms with Gasteiger partial charge >= 0.3 is 0 Å². The van der Waals surface area contributed by atoms with Gasteiger partial charge in [0, 0.05) is 17.9 Å². The number of fused-ring (bicyclic) bond motifs is 1. The lowest BCUT2D eigenvalue weighted by Crippen LogP contribution is -2.09. The van der Waals surface area contributed by atoms with Gasteiger partial charge in [0.2, 0.25) is 0 Å². The van der Waals surface area contributed by atoms with E-state index in [0.29, 0.717) is 19.5 Å². The number of benzene rings is 1. The van der Waals surface area contributed by atoms with E-state index < -0.39 is 0 Å². The van der Waals surface area contributed by atoms with Gasteiger partial charge in [0.15, 0.2) is 5.76 Å². The molecule has 3 N–H and O–H groups in total. The summed E-state index contributed by atoms with van der Waals surface area (Å²) in [4.78, 5) is 9.13. The zero-order valence-corrected chi connectivity index (χ0v) is 13.2. The molecule has 1 aromatic carbocycles. The standard InChI is InChI=1S/C17H21N5O/c1-2-5-12-10-13(23-22-12)11-19-17-14-6-3-4-7-15(14)20-16(21-17)8-9-18/h3-4,6-7,10H,2,5,8-9,11,18H2,1H3,(H,19,20,21). The third-order valence-corrected chi connectivity index (χ3v) is 3.56. The highest BCUT2D eigenvalue weighted by molar-refractivity contribution is 5.88. The van der Waals surface area contributed by atoms with Crippen molar-refractivity contribution in [1.82, 2.24) is 15.1 Å². The first kappa shape index (κ1) is 15.4. The predicted octanol–water partition coefficient (Wildman–Crippen LogP) is 2.68. The summed E-state index contributed by atoms with van der Waals surface area (Å²) in [5.41, 5.74) is 7.53. The number of hydrogen-bond acceptors (Lipinski definition) is 6. The minimum Gasteiger partial charge on any atom is -0.362 e. The second kappa shape index (κ2) is 7.19. The fourth-order valence-corrected chi connectivity index (χ4v) is 2.48. The average Bonchev–Trinajstić information content (AvgIpc) is 3.01. The molecular formula is C17H21N5O. The van der Waals surface area contributed by atoms with Crippen molar-refractivity contribution in [3.8, 4) is 0 Å². The molecule has 6 nitrogen and oxygen atoms in total. The van der Waals surface area contributed by atoms with E-state index in [1.54, 1.807) is 0 Å². The normalized spacial score (nSPS) is 11.0. The quantitative estimate of drug-likeness (QED) is 0.697. The maximum atomic E-state index is 5.63. The molecule has 120 valence electrons. The van der Waals surface area contributed by atoms with Crippen LogP contribution >= 0.6 is 0 Å². The van der Waals surface area contributed by atoms with Crippen LogP contribution in [0.15, 0.2) is 34.9 Å². The second-order valence-electron chi connectivity index (χ2n) is 5.43. The Morgan fingerprint density at radius 2 is 2.04 bits per heavy atom. The van der Waals surface area contributed by atoms with E-state index in [-0.39, 0.29) is 0 Å². The summed E-state index contributed by atoms with van der Waals surface area (Å²) in [6.07, 6.45) is 2.64. The van der Waals surface area contributed by atoms with Crippen LogP contribution in [0.3, 0.4) is 0 Å². The molecule has 0 spiro atoms. The minimum absolute atomic E-state index is 0.528. The van der Waals surface area contributed by atoms with Gasteiger partial charge < -0.3 is 15.6 Å². The molecule has 0 bridgehead atoms. The summed E-state index contributed by atoms with van der Waals surface area (Å²) in [7, 11) is 0. The molecule has 0 aliphatic heterocycles. The molecule has 0 saturated carbocycles. The van der Waals surface area contributed by atoms with Gasteiger partial charge in [0.25, 0.3) is 0 Å². The lowest BCUT2D eigenvalue weighted by molar-refractivity contribution is 0.381. The van der Waals surface area contributed by atoms with Gasteiger partial charge in [-0.25, -0.2) is 9.97 Å². The van der Waals surface area contributed by atoms with E-state index in [1.165, 1.54) is 0 Å². The first-order valence-electron chi connectivity index (χ1n) is 7.94. The number of nitrogens with one attached hydrogen (secondary N) is 1. The number of anilines is 1. The van der Waals surface area contributed by atoms with Gasteiger partial charge in [-0.2, -0.15) is 0 Å². The topological polar surface area (TPSA) is 89.9 Å². The van der Waals surface area contributed by atoms with Crippen LogP contribution in [-0.2, 0) is 19.4 Å². The van der Waals surface area contributed by atoms with E-state index in [9.17, 15) is 0 Å². The molecule has 23 heavy (non-hydrogen) atoms. The summed E-state index contributed by atoms with van der Waals surface area (Å²) in [5.74, 6) is 2.35. The highest BCUT2D eigenvalue weighted by Gasteiger charge is 2.09. The Hall–Kier alpha value is -2.47. The Morgan fingerprint density at radius 1 is 1.17 bits per heavy atom. The van der Waals surface area contributed by atoms with Crippen molar-refractivity contribution in [2.45, 2.75) is 32.7 Å². The van der Waals surface area contributed by atoms with Gasteiger partial charge in [-0.15, -0.1) is 0 Å². The van der Waals surface area contributed by atoms with E-state index in [0.717, 1.165) is 46.8 Å². The van der Waals surface area contributed by atoms with Crippen molar-refractivity contribution < 1.29 is 4.52 Å². The van der Waals surface area contributed by atoms with E-state index in [2.05, 4.69) is 27.4 Å². The molecule has 0 aliphatic carbocycles. The van der Waals surface area contributed by atoms with Crippen molar-refractivity contribution in [2.75, 3.05) is 11.9 Å². The Kier molecular flexibility index (Phi) is 4.83. The maximum Gasteiger partial charge on any atom is 0.156 e. The molecule has 2 aromatic heterocycles. The number of nitrogens with zero attached hydrogens (tertiary/aromatic N) is 3. The average molecular weight is 311 g/mol. The molecular weight excluding hydrogens is 290 g/mol. The van der Waals surface area contributed by atoms with Crippen LogP contribution in [0.2, 0.25) is 0 Å². The molecule has 3 aromatic rings. The third-order valence-electron chi connectivity index (χ3n) is 3.56. The Bertz CT molecular complexity index is 784. The zero-order valence-electron chi connectivity index (χ0n) is 13.2. The van der Waals surface area contributed by atoms with Gasteiger partial charge in [0.05, 0.1) is 17.8 Å². The Balaban J connectivity index is 1.82. The highest BCUT2D eigenvalue weighted by atomic mass is 16.5. The number of nitrogens with two attached hydrogens (primary N) is 1. The molecule has 0 radical (unpaired) electrons. The number of aromatic nitrogens is 3. The van der Waals surface area contributed by atoms with E-state index in [1.807, 2.05) is 30.3 Å². The van der Waals surface area contributed by atoms with E-state index in [4.69, 9.17) is 10.3 Å². The smallest absolute Gasteiger partial charge is 0.156 e. The highest BCUT2D eigenvalue weighted by Crippen LogP contribution is 2.21. The number of hydrogen-bond donors (Lipinski definition) is 2. The first-order chi connectivity index (χ1) is 11.3. The molecule has 0 amide bonds. The first-order valence-corrected chi connectivity index (χ1v) is 7.94. The van der Waals surface area contributed by atoms with Crippen LogP contribution < -0.4 is 11.1 Å². The molecule has 6 heteroatoms. The number of para-hydroxylation sites is 1. The summed E-state index contributed by atoms with van der Waals surface area (Å²) in [6.45, 7) is 3.19. The zero-order chi connectivity index (χ0) is 16.1. The summed E-state index contributed by atoms with van der Waals surface area (Å²) >= 11 is 0. The predicted molar refractivity (Wildman–Crippen MR) is 90.1 cm³/mol. The van der Waals surface area contributed by atoms with Gasteiger partial charge in [-0.3, -0.25) is 0 Å². The van der Waals surface area contributed by atoms with Crippen molar-refractivity contribution in [3.63, 3.8) is 0 Å². The molecule has 2 heterocycles. The lowest BCUT2D eigenvalue weighted by atomic mass is 10.2. The summed E-state index contributed by atoms with van der Waals surface area (Å²) in [6, 6.07) is 9.93.